The van der Waals surface area contributed by atoms with Crippen LogP contribution in [0.2, 0.25) is 0 Å². The molecule has 1 N–H and O–H groups in total. The van der Waals surface area contributed by atoms with Crippen molar-refractivity contribution in [1.29, 1.82) is 0 Å². The molecule has 1 heterocycles. The second-order valence-corrected chi connectivity index (χ2v) is 7.50. The summed E-state index contributed by atoms with van der Waals surface area (Å²) < 4.78 is 27.6. The molecule has 178 valence electrons. The lowest BCUT2D eigenvalue weighted by molar-refractivity contribution is -0.277. The summed E-state index contributed by atoms with van der Waals surface area (Å²) in [5, 5.41) is 2.67. The summed E-state index contributed by atoms with van der Waals surface area (Å²) in [6.07, 6.45) is 0.957. The highest BCUT2D eigenvalue weighted by Gasteiger charge is 2.51. The zero-order valence-corrected chi connectivity index (χ0v) is 19.0. The maximum absolute atomic E-state index is 11.8. The Kier molecular flexibility index (Phi) is 12.1. The van der Waals surface area contributed by atoms with Crippen molar-refractivity contribution in [3.05, 3.63) is 0 Å². The minimum atomic E-state index is -1.11. The van der Waals surface area contributed by atoms with Crippen molar-refractivity contribution in [2.75, 3.05) is 13.2 Å². The van der Waals surface area contributed by atoms with Gasteiger partial charge in [0.25, 0.3) is 0 Å². The van der Waals surface area contributed by atoms with Crippen LogP contribution in [0, 0.1) is 0 Å². The van der Waals surface area contributed by atoms with Gasteiger partial charge in [-0.2, -0.15) is 0 Å². The van der Waals surface area contributed by atoms with Crippen LogP contribution in [0.4, 0.5) is 0 Å². The van der Waals surface area contributed by atoms with Gasteiger partial charge in [-0.05, 0) is 6.42 Å². The van der Waals surface area contributed by atoms with E-state index in [1.54, 1.807) is 0 Å². The number of hydrogen-bond acceptors (Lipinski definition) is 9. The Morgan fingerprint density at radius 2 is 1.45 bits per heavy atom. The summed E-state index contributed by atoms with van der Waals surface area (Å²) in [5.74, 6) is -2.23. The molecule has 10 nitrogen and oxygen atoms in total. The first-order valence-corrected chi connectivity index (χ1v) is 10.7. The van der Waals surface area contributed by atoms with E-state index in [4.69, 9.17) is 23.7 Å². The van der Waals surface area contributed by atoms with Gasteiger partial charge < -0.3 is 29.0 Å². The highest BCUT2D eigenvalue weighted by molar-refractivity contribution is 5.73. The molecule has 1 rings (SSSR count). The molecule has 1 fully saturated rings. The predicted molar refractivity (Wildman–Crippen MR) is 109 cm³/mol. The zero-order chi connectivity index (χ0) is 23.4. The summed E-state index contributed by atoms with van der Waals surface area (Å²) in [4.78, 5) is 46.6. The van der Waals surface area contributed by atoms with Crippen LogP contribution in [0.5, 0.6) is 0 Å². The number of hydrogen-bond donors (Lipinski definition) is 1. The van der Waals surface area contributed by atoms with Crippen molar-refractivity contribution in [2.45, 2.75) is 97.4 Å². The Balaban J connectivity index is 3.07. The molecule has 1 saturated heterocycles. The fraction of sp³-hybridized carbons (Fsp3) is 0.810. The summed E-state index contributed by atoms with van der Waals surface area (Å²) >= 11 is 0. The standard InChI is InChI=1S/C21H35NO9/c1-6-7-8-9-10-11-27-21-18(22-13(2)23)20(30-16(5)26)19(29-15(4)25)17(31-21)12-28-14(3)24/h17-21H,6-12H2,1-5H3,(H,22,23)/t17-,18+,19-,20-,21+/m1/s1. The molecular weight excluding hydrogens is 410 g/mol. The molecule has 0 unspecified atom stereocenters. The summed E-state index contributed by atoms with van der Waals surface area (Å²) in [5.41, 5.74) is 0. The van der Waals surface area contributed by atoms with E-state index < -0.39 is 54.5 Å². The largest absolute Gasteiger partial charge is 0.463 e. The third kappa shape index (κ3) is 10.1. The van der Waals surface area contributed by atoms with E-state index in [1.807, 2.05) is 0 Å². The molecule has 0 aromatic carbocycles. The maximum Gasteiger partial charge on any atom is 0.303 e. The van der Waals surface area contributed by atoms with Gasteiger partial charge in [0.05, 0.1) is 0 Å². The molecular formula is C21H35NO9. The summed E-state index contributed by atoms with van der Waals surface area (Å²) in [7, 11) is 0. The molecule has 0 spiro atoms. The third-order valence-corrected chi connectivity index (χ3v) is 4.60. The number of unbranched alkanes of at least 4 members (excludes halogenated alkanes) is 4. The van der Waals surface area contributed by atoms with Crippen LogP contribution in [-0.4, -0.2) is 67.7 Å². The first-order valence-electron chi connectivity index (χ1n) is 10.7. The second kappa shape index (κ2) is 14.0. The van der Waals surface area contributed by atoms with E-state index in [-0.39, 0.29) is 6.61 Å². The molecule has 31 heavy (non-hydrogen) atoms. The molecule has 0 bridgehead atoms. The third-order valence-electron chi connectivity index (χ3n) is 4.60. The molecule has 0 aliphatic carbocycles. The van der Waals surface area contributed by atoms with E-state index in [2.05, 4.69) is 12.2 Å². The lowest BCUT2D eigenvalue weighted by Crippen LogP contribution is -2.66. The topological polar surface area (TPSA) is 126 Å². The van der Waals surface area contributed by atoms with Crippen molar-refractivity contribution >= 4 is 23.8 Å². The lowest BCUT2D eigenvalue weighted by atomic mass is 9.96. The van der Waals surface area contributed by atoms with Gasteiger partial charge in [-0.25, -0.2) is 0 Å². The van der Waals surface area contributed by atoms with E-state index in [1.165, 1.54) is 27.7 Å². The minimum Gasteiger partial charge on any atom is -0.463 e. The van der Waals surface area contributed by atoms with Crippen LogP contribution in [0.1, 0.15) is 66.7 Å². The Morgan fingerprint density at radius 1 is 0.839 bits per heavy atom. The highest BCUT2D eigenvalue weighted by atomic mass is 16.7. The van der Waals surface area contributed by atoms with Crippen LogP contribution >= 0.6 is 0 Å². The van der Waals surface area contributed by atoms with Gasteiger partial charge in [-0.3, -0.25) is 19.2 Å². The van der Waals surface area contributed by atoms with Crippen molar-refractivity contribution in [3.63, 3.8) is 0 Å². The highest BCUT2D eigenvalue weighted by Crippen LogP contribution is 2.28. The lowest BCUT2D eigenvalue weighted by Gasteiger charge is -2.44. The van der Waals surface area contributed by atoms with Gasteiger partial charge in [0.1, 0.15) is 18.8 Å². The average molecular weight is 446 g/mol. The van der Waals surface area contributed by atoms with Gasteiger partial charge in [0.2, 0.25) is 5.91 Å². The van der Waals surface area contributed by atoms with Crippen LogP contribution in [-0.2, 0) is 42.9 Å². The fourth-order valence-electron chi connectivity index (χ4n) is 3.34. The quantitative estimate of drug-likeness (QED) is 0.271. The normalized spacial score (nSPS) is 25.4. The predicted octanol–water partition coefficient (Wildman–Crippen LogP) is 1.63. The molecule has 1 aliphatic heterocycles. The van der Waals surface area contributed by atoms with Crippen molar-refractivity contribution < 1.29 is 42.9 Å². The van der Waals surface area contributed by atoms with Crippen LogP contribution in [0.15, 0.2) is 0 Å². The van der Waals surface area contributed by atoms with Gasteiger partial charge in [-0.1, -0.05) is 32.6 Å². The first kappa shape index (κ1) is 26.8. The Bertz CT molecular complexity index is 610. The number of carbonyl (C=O) groups excluding carboxylic acids is 4. The van der Waals surface area contributed by atoms with Crippen molar-refractivity contribution in [1.82, 2.24) is 5.32 Å². The molecule has 0 saturated carbocycles. The van der Waals surface area contributed by atoms with Gasteiger partial charge in [0, 0.05) is 34.3 Å². The van der Waals surface area contributed by atoms with E-state index in [0.717, 1.165) is 32.1 Å². The molecule has 5 atom stereocenters. The fourth-order valence-corrected chi connectivity index (χ4v) is 3.34. The van der Waals surface area contributed by atoms with Crippen LogP contribution < -0.4 is 5.32 Å². The van der Waals surface area contributed by atoms with Gasteiger partial charge in [-0.15, -0.1) is 0 Å². The Morgan fingerprint density at radius 3 is 2.00 bits per heavy atom. The average Bonchev–Trinajstić information content (AvgIpc) is 2.66. The van der Waals surface area contributed by atoms with Gasteiger partial charge in [0.15, 0.2) is 18.5 Å². The molecule has 0 radical (unpaired) electrons. The summed E-state index contributed by atoms with van der Waals surface area (Å²) in [6, 6.07) is -0.921. The minimum absolute atomic E-state index is 0.242. The van der Waals surface area contributed by atoms with Gasteiger partial charge >= 0.3 is 17.9 Å². The second-order valence-electron chi connectivity index (χ2n) is 7.50. The molecule has 0 aromatic rings. The van der Waals surface area contributed by atoms with E-state index >= 15 is 0 Å². The van der Waals surface area contributed by atoms with E-state index in [9.17, 15) is 19.2 Å². The number of esters is 3. The smallest absolute Gasteiger partial charge is 0.303 e. The van der Waals surface area contributed by atoms with Crippen molar-refractivity contribution in [3.8, 4) is 0 Å². The van der Waals surface area contributed by atoms with Crippen LogP contribution in [0.25, 0.3) is 0 Å². The summed E-state index contributed by atoms with van der Waals surface area (Å²) in [6.45, 7) is 7.18. The molecule has 1 amide bonds. The molecule has 0 aromatic heterocycles. The monoisotopic (exact) mass is 445 g/mol. The maximum atomic E-state index is 11.8. The number of nitrogens with one attached hydrogen (secondary N) is 1. The van der Waals surface area contributed by atoms with Crippen LogP contribution in [0.3, 0.4) is 0 Å². The van der Waals surface area contributed by atoms with Crippen molar-refractivity contribution in [2.24, 2.45) is 0 Å². The Labute approximate surface area is 183 Å². The number of rotatable bonds is 12. The number of carbonyl (C=O) groups is 4. The van der Waals surface area contributed by atoms with E-state index in [0.29, 0.717) is 6.61 Å². The Hall–Kier alpha value is -2.20. The molecule has 1 aliphatic rings. The number of ether oxygens (including phenoxy) is 5. The number of amides is 1. The zero-order valence-electron chi connectivity index (χ0n) is 19.0. The first-order chi connectivity index (χ1) is 14.6. The molecule has 10 heteroatoms. The SMILES string of the molecule is CCCCCCCO[C@H]1O[C@H](COC(C)=O)[C@@H](OC(C)=O)[C@H](OC(C)=O)[C@@H]1NC(C)=O.